The standard InChI is InChI=1S/C14H18N2O2S/c1-5-16-10-7-6-9(8-11(10)19-13(16)18)15-12(17)14(2,3)4/h6-8H,5H2,1-4H3,(H,15,17). The fraction of sp³-hybridized carbons (Fsp3) is 0.429. The number of fused-ring (bicyclic) bond motifs is 1. The lowest BCUT2D eigenvalue weighted by Crippen LogP contribution is -2.27. The molecule has 0 aliphatic heterocycles. The zero-order valence-electron chi connectivity index (χ0n) is 11.6. The van der Waals surface area contributed by atoms with Gasteiger partial charge < -0.3 is 5.32 Å². The number of nitrogens with zero attached hydrogens (tertiary/aromatic N) is 1. The summed E-state index contributed by atoms with van der Waals surface area (Å²) >= 11 is 1.21. The highest BCUT2D eigenvalue weighted by molar-refractivity contribution is 7.16. The maximum Gasteiger partial charge on any atom is 0.308 e. The monoisotopic (exact) mass is 278 g/mol. The Morgan fingerprint density at radius 3 is 2.63 bits per heavy atom. The molecule has 2 rings (SSSR count). The summed E-state index contributed by atoms with van der Waals surface area (Å²) < 4.78 is 2.63. The maximum absolute atomic E-state index is 11.9. The Balaban J connectivity index is 2.38. The third kappa shape index (κ3) is 2.71. The van der Waals surface area contributed by atoms with E-state index in [0.717, 1.165) is 15.9 Å². The van der Waals surface area contributed by atoms with Crippen molar-refractivity contribution in [2.45, 2.75) is 34.2 Å². The van der Waals surface area contributed by atoms with Crippen LogP contribution in [0.2, 0.25) is 0 Å². The molecule has 1 amide bonds. The lowest BCUT2D eigenvalue weighted by Gasteiger charge is -2.17. The highest BCUT2D eigenvalue weighted by Crippen LogP contribution is 2.23. The van der Waals surface area contributed by atoms with Crippen LogP contribution < -0.4 is 10.2 Å². The lowest BCUT2D eigenvalue weighted by molar-refractivity contribution is -0.123. The first-order valence-corrected chi connectivity index (χ1v) is 7.09. The van der Waals surface area contributed by atoms with E-state index in [4.69, 9.17) is 0 Å². The molecule has 0 atom stereocenters. The first kappa shape index (κ1) is 13.8. The van der Waals surface area contributed by atoms with Crippen LogP contribution in [0.3, 0.4) is 0 Å². The van der Waals surface area contributed by atoms with Crippen LogP contribution in [0.4, 0.5) is 5.69 Å². The zero-order chi connectivity index (χ0) is 14.2. The van der Waals surface area contributed by atoms with Crippen molar-refractivity contribution in [1.29, 1.82) is 0 Å². The van der Waals surface area contributed by atoms with Crippen LogP contribution in [0, 0.1) is 5.41 Å². The van der Waals surface area contributed by atoms with Crippen molar-refractivity contribution in [1.82, 2.24) is 4.57 Å². The highest BCUT2D eigenvalue weighted by atomic mass is 32.1. The molecule has 1 aromatic heterocycles. The van der Waals surface area contributed by atoms with E-state index in [1.54, 1.807) is 4.57 Å². The van der Waals surface area contributed by atoms with Gasteiger partial charge in [0.2, 0.25) is 5.91 Å². The number of thiazole rings is 1. The van der Waals surface area contributed by atoms with Crippen molar-refractivity contribution >= 4 is 33.1 Å². The lowest BCUT2D eigenvalue weighted by atomic mass is 9.95. The van der Waals surface area contributed by atoms with Crippen LogP contribution in [0.5, 0.6) is 0 Å². The fourth-order valence-corrected chi connectivity index (χ4v) is 2.76. The number of amides is 1. The van der Waals surface area contributed by atoms with Gasteiger partial charge in [-0.25, -0.2) is 0 Å². The average molecular weight is 278 g/mol. The van der Waals surface area contributed by atoms with Gasteiger partial charge in [0, 0.05) is 17.6 Å². The largest absolute Gasteiger partial charge is 0.326 e. The van der Waals surface area contributed by atoms with E-state index in [0.29, 0.717) is 6.54 Å². The number of hydrogen-bond donors (Lipinski definition) is 1. The zero-order valence-corrected chi connectivity index (χ0v) is 12.4. The van der Waals surface area contributed by atoms with Crippen LogP contribution in [0.15, 0.2) is 23.0 Å². The first-order valence-electron chi connectivity index (χ1n) is 6.28. The molecule has 2 aromatic rings. The van der Waals surface area contributed by atoms with Gasteiger partial charge in [0.05, 0.1) is 10.2 Å². The molecule has 0 saturated carbocycles. The van der Waals surface area contributed by atoms with Gasteiger partial charge in [0.15, 0.2) is 0 Å². The topological polar surface area (TPSA) is 51.1 Å². The van der Waals surface area contributed by atoms with E-state index in [9.17, 15) is 9.59 Å². The quantitative estimate of drug-likeness (QED) is 0.918. The van der Waals surface area contributed by atoms with Crippen molar-refractivity contribution < 1.29 is 4.79 Å². The predicted molar refractivity (Wildman–Crippen MR) is 79.8 cm³/mol. The molecule has 0 fully saturated rings. The molecule has 0 bridgehead atoms. The van der Waals surface area contributed by atoms with Gasteiger partial charge in [-0.15, -0.1) is 0 Å². The smallest absolute Gasteiger partial charge is 0.308 e. The van der Waals surface area contributed by atoms with Gasteiger partial charge in [-0.05, 0) is 25.1 Å². The third-order valence-corrected chi connectivity index (χ3v) is 3.87. The minimum atomic E-state index is -0.433. The van der Waals surface area contributed by atoms with E-state index >= 15 is 0 Å². The summed E-state index contributed by atoms with van der Waals surface area (Å²) in [5, 5.41) is 2.88. The number of benzene rings is 1. The van der Waals surface area contributed by atoms with Crippen molar-refractivity contribution in [2.75, 3.05) is 5.32 Å². The molecule has 1 N–H and O–H groups in total. The number of aromatic nitrogens is 1. The van der Waals surface area contributed by atoms with E-state index in [1.165, 1.54) is 11.3 Å². The Bertz CT molecular complexity index is 677. The summed E-state index contributed by atoms with van der Waals surface area (Å²) in [7, 11) is 0. The molecule has 0 radical (unpaired) electrons. The molecular weight excluding hydrogens is 260 g/mol. The van der Waals surface area contributed by atoms with E-state index < -0.39 is 5.41 Å². The van der Waals surface area contributed by atoms with Gasteiger partial charge in [0.25, 0.3) is 0 Å². The molecule has 0 aliphatic carbocycles. The van der Waals surface area contributed by atoms with Gasteiger partial charge in [0.1, 0.15) is 0 Å². The minimum absolute atomic E-state index is 0.0332. The number of nitrogens with one attached hydrogen (secondary N) is 1. The van der Waals surface area contributed by atoms with Crippen molar-refractivity contribution in [2.24, 2.45) is 5.41 Å². The number of aryl methyl sites for hydroxylation is 1. The molecule has 102 valence electrons. The van der Waals surface area contributed by atoms with Gasteiger partial charge in [-0.2, -0.15) is 0 Å². The Hall–Kier alpha value is -1.62. The predicted octanol–water partition coefficient (Wildman–Crippen LogP) is 3.07. The fourth-order valence-electron chi connectivity index (χ4n) is 1.76. The summed E-state index contributed by atoms with van der Waals surface area (Å²) in [6, 6.07) is 5.58. The number of carbonyl (C=O) groups excluding carboxylic acids is 1. The Kier molecular flexibility index (Phi) is 3.49. The van der Waals surface area contributed by atoms with E-state index in [2.05, 4.69) is 5.32 Å². The SMILES string of the molecule is CCn1c(=O)sc2cc(NC(=O)C(C)(C)C)ccc21. The Labute approximate surface area is 116 Å². The molecule has 19 heavy (non-hydrogen) atoms. The van der Waals surface area contributed by atoms with Crippen LogP contribution >= 0.6 is 11.3 Å². The van der Waals surface area contributed by atoms with Crippen molar-refractivity contribution in [3.63, 3.8) is 0 Å². The second-order valence-corrected chi connectivity index (χ2v) is 6.49. The molecular formula is C14H18N2O2S. The number of rotatable bonds is 2. The molecule has 1 heterocycles. The van der Waals surface area contributed by atoms with Gasteiger partial charge in [-0.1, -0.05) is 32.1 Å². The first-order chi connectivity index (χ1) is 8.82. The molecule has 1 aromatic carbocycles. The molecule has 0 saturated heterocycles. The number of hydrogen-bond acceptors (Lipinski definition) is 3. The Morgan fingerprint density at radius 2 is 2.05 bits per heavy atom. The third-order valence-electron chi connectivity index (χ3n) is 2.92. The summed E-state index contributed by atoms with van der Waals surface area (Å²) in [6.45, 7) is 8.21. The molecule has 4 nitrogen and oxygen atoms in total. The molecule has 0 unspecified atom stereocenters. The minimum Gasteiger partial charge on any atom is -0.326 e. The maximum atomic E-state index is 11.9. The second-order valence-electron chi connectivity index (χ2n) is 5.50. The molecule has 0 aliphatic rings. The average Bonchev–Trinajstić information content (AvgIpc) is 2.62. The number of anilines is 1. The van der Waals surface area contributed by atoms with Crippen LogP contribution in [0.25, 0.3) is 10.2 Å². The second kappa shape index (κ2) is 4.81. The highest BCUT2D eigenvalue weighted by Gasteiger charge is 2.21. The van der Waals surface area contributed by atoms with E-state index in [-0.39, 0.29) is 10.8 Å². The van der Waals surface area contributed by atoms with Gasteiger partial charge >= 0.3 is 4.87 Å². The molecule has 5 heteroatoms. The van der Waals surface area contributed by atoms with Crippen LogP contribution in [-0.2, 0) is 11.3 Å². The Morgan fingerprint density at radius 1 is 1.37 bits per heavy atom. The van der Waals surface area contributed by atoms with Crippen molar-refractivity contribution in [3.05, 3.63) is 27.9 Å². The summed E-state index contributed by atoms with van der Waals surface area (Å²) in [5.74, 6) is -0.0332. The normalized spacial score (nSPS) is 11.8. The van der Waals surface area contributed by atoms with Gasteiger partial charge in [-0.3, -0.25) is 14.2 Å². The summed E-state index contributed by atoms with van der Waals surface area (Å²) in [6.07, 6.45) is 0. The van der Waals surface area contributed by atoms with Crippen molar-refractivity contribution in [3.8, 4) is 0 Å². The van der Waals surface area contributed by atoms with Crippen LogP contribution in [0.1, 0.15) is 27.7 Å². The summed E-state index contributed by atoms with van der Waals surface area (Å²) in [4.78, 5) is 23.7. The van der Waals surface area contributed by atoms with Crippen LogP contribution in [-0.4, -0.2) is 10.5 Å². The summed E-state index contributed by atoms with van der Waals surface area (Å²) in [5.41, 5.74) is 1.22. The molecule has 0 spiro atoms. The number of carbonyl (C=O) groups is 1. The van der Waals surface area contributed by atoms with E-state index in [1.807, 2.05) is 45.9 Å².